The summed E-state index contributed by atoms with van der Waals surface area (Å²) in [5.41, 5.74) is 3.04. The van der Waals surface area contributed by atoms with Crippen LogP contribution in [0.5, 0.6) is 6.01 Å². The van der Waals surface area contributed by atoms with Crippen LogP contribution in [0.2, 0.25) is 0 Å². The molecular weight excluding hydrogens is 282 g/mol. The minimum atomic E-state index is -0.671. The van der Waals surface area contributed by atoms with Crippen molar-refractivity contribution in [1.82, 2.24) is 14.9 Å². The van der Waals surface area contributed by atoms with Gasteiger partial charge in [0, 0.05) is 19.9 Å². The van der Waals surface area contributed by atoms with Gasteiger partial charge >= 0.3 is 0 Å². The van der Waals surface area contributed by atoms with Gasteiger partial charge in [0.2, 0.25) is 5.91 Å². The molecule has 0 saturated carbocycles. The van der Waals surface area contributed by atoms with Crippen LogP contribution < -0.4 is 10.1 Å². The highest BCUT2D eigenvalue weighted by molar-refractivity contribution is 5.99. The van der Waals surface area contributed by atoms with E-state index >= 15 is 0 Å². The number of hydrogen-bond acceptors (Lipinski definition) is 4. The first kappa shape index (κ1) is 14.6. The SMILES string of the molecule is CC(C)c1cccc2nc(OC3CCC(=O)NC3=O)n(C)c12. The first-order chi connectivity index (χ1) is 10.5. The number of aromatic nitrogens is 2. The van der Waals surface area contributed by atoms with Crippen LogP contribution in [0.3, 0.4) is 0 Å². The van der Waals surface area contributed by atoms with Crippen molar-refractivity contribution in [2.24, 2.45) is 7.05 Å². The molecule has 1 aliphatic rings. The summed E-state index contributed by atoms with van der Waals surface area (Å²) in [5.74, 6) is -0.285. The summed E-state index contributed by atoms with van der Waals surface area (Å²) in [4.78, 5) is 27.5. The van der Waals surface area contributed by atoms with Crippen molar-refractivity contribution >= 4 is 22.8 Å². The third kappa shape index (κ3) is 2.45. The Hall–Kier alpha value is -2.37. The van der Waals surface area contributed by atoms with Crippen molar-refractivity contribution < 1.29 is 14.3 Å². The molecule has 1 unspecified atom stereocenters. The minimum Gasteiger partial charge on any atom is -0.451 e. The summed E-state index contributed by atoms with van der Waals surface area (Å²) in [6.07, 6.45) is -0.00149. The molecule has 0 spiro atoms. The fraction of sp³-hybridized carbons (Fsp3) is 0.438. The van der Waals surface area contributed by atoms with Gasteiger partial charge in [0.05, 0.1) is 11.0 Å². The molecule has 1 atom stereocenters. The molecule has 0 aliphatic carbocycles. The van der Waals surface area contributed by atoms with Crippen molar-refractivity contribution in [3.63, 3.8) is 0 Å². The zero-order valence-electron chi connectivity index (χ0n) is 12.9. The number of imide groups is 1. The molecule has 116 valence electrons. The molecule has 3 rings (SSSR count). The van der Waals surface area contributed by atoms with E-state index in [-0.39, 0.29) is 12.3 Å². The largest absolute Gasteiger partial charge is 0.451 e. The molecule has 2 amide bonds. The number of carbonyl (C=O) groups is 2. The lowest BCUT2D eigenvalue weighted by Gasteiger charge is -2.21. The van der Waals surface area contributed by atoms with Crippen LogP contribution in [0.1, 0.15) is 38.2 Å². The van der Waals surface area contributed by atoms with E-state index in [0.717, 1.165) is 11.0 Å². The van der Waals surface area contributed by atoms with Crippen molar-refractivity contribution in [2.75, 3.05) is 0 Å². The smallest absolute Gasteiger partial charge is 0.297 e. The zero-order valence-corrected chi connectivity index (χ0v) is 12.9. The molecule has 1 aromatic heterocycles. The standard InChI is InChI=1S/C16H19N3O3/c1-9(2)10-5-4-6-11-14(10)19(3)16(17-11)22-12-7-8-13(20)18-15(12)21/h4-6,9,12H,7-8H2,1-3H3,(H,18,20,21). The number of imidazole rings is 1. The molecule has 22 heavy (non-hydrogen) atoms. The van der Waals surface area contributed by atoms with Crippen molar-refractivity contribution in [3.8, 4) is 6.01 Å². The average molecular weight is 301 g/mol. The fourth-order valence-corrected chi connectivity index (χ4v) is 2.76. The molecular formula is C16H19N3O3. The van der Waals surface area contributed by atoms with Gasteiger partial charge in [-0.25, -0.2) is 0 Å². The van der Waals surface area contributed by atoms with Crippen molar-refractivity contribution in [2.45, 2.75) is 38.7 Å². The van der Waals surface area contributed by atoms with Gasteiger partial charge < -0.3 is 4.74 Å². The minimum absolute atomic E-state index is 0.253. The Morgan fingerprint density at radius 2 is 2.14 bits per heavy atom. The summed E-state index contributed by atoms with van der Waals surface area (Å²) in [5, 5.41) is 2.29. The summed E-state index contributed by atoms with van der Waals surface area (Å²) >= 11 is 0. The predicted octanol–water partition coefficient (Wildman–Crippen LogP) is 1.88. The predicted molar refractivity (Wildman–Crippen MR) is 81.6 cm³/mol. The molecule has 1 N–H and O–H groups in total. The highest BCUT2D eigenvalue weighted by Gasteiger charge is 2.29. The summed E-state index contributed by atoms with van der Waals surface area (Å²) < 4.78 is 7.62. The maximum absolute atomic E-state index is 11.8. The number of fused-ring (bicyclic) bond motifs is 1. The maximum atomic E-state index is 11.8. The average Bonchev–Trinajstić information content (AvgIpc) is 2.78. The van der Waals surface area contributed by atoms with Crippen molar-refractivity contribution in [3.05, 3.63) is 23.8 Å². The van der Waals surface area contributed by atoms with E-state index in [4.69, 9.17) is 4.74 Å². The highest BCUT2D eigenvalue weighted by Crippen LogP contribution is 2.29. The van der Waals surface area contributed by atoms with Gasteiger partial charge in [0.15, 0.2) is 6.10 Å². The number of rotatable bonds is 3. The third-order valence-corrected chi connectivity index (χ3v) is 3.94. The first-order valence-corrected chi connectivity index (χ1v) is 7.43. The van der Waals surface area contributed by atoms with Gasteiger partial charge in [-0.05, 0) is 17.5 Å². The van der Waals surface area contributed by atoms with Crippen LogP contribution >= 0.6 is 0 Å². The molecule has 1 aromatic carbocycles. The second-order valence-electron chi connectivity index (χ2n) is 5.88. The number of ether oxygens (including phenoxy) is 1. The molecule has 0 bridgehead atoms. The zero-order chi connectivity index (χ0) is 15.9. The number of piperidine rings is 1. The molecule has 6 nitrogen and oxygen atoms in total. The Morgan fingerprint density at radius 1 is 1.36 bits per heavy atom. The lowest BCUT2D eigenvalue weighted by molar-refractivity contribution is -0.139. The van der Waals surface area contributed by atoms with E-state index in [9.17, 15) is 9.59 Å². The van der Waals surface area contributed by atoms with Gasteiger partial charge in [0.25, 0.3) is 11.9 Å². The molecule has 1 fully saturated rings. The van der Waals surface area contributed by atoms with E-state index < -0.39 is 12.0 Å². The van der Waals surface area contributed by atoms with Crippen LogP contribution in [0.25, 0.3) is 11.0 Å². The number of aryl methyl sites for hydroxylation is 1. The van der Waals surface area contributed by atoms with E-state index in [1.807, 2.05) is 23.7 Å². The van der Waals surface area contributed by atoms with Gasteiger partial charge in [-0.15, -0.1) is 0 Å². The molecule has 1 saturated heterocycles. The first-order valence-electron chi connectivity index (χ1n) is 7.43. The molecule has 2 aromatic rings. The number of nitrogens with one attached hydrogen (secondary N) is 1. The second-order valence-corrected chi connectivity index (χ2v) is 5.88. The Kier molecular flexibility index (Phi) is 3.60. The van der Waals surface area contributed by atoms with E-state index in [2.05, 4.69) is 30.2 Å². The maximum Gasteiger partial charge on any atom is 0.297 e. The lowest BCUT2D eigenvalue weighted by Crippen LogP contribution is -2.46. The number of carbonyl (C=O) groups excluding carboxylic acids is 2. The number of hydrogen-bond donors (Lipinski definition) is 1. The van der Waals surface area contributed by atoms with E-state index in [1.165, 1.54) is 5.56 Å². The number of amides is 2. The summed E-state index contributed by atoms with van der Waals surface area (Å²) in [6.45, 7) is 4.25. The highest BCUT2D eigenvalue weighted by atomic mass is 16.5. The molecule has 0 radical (unpaired) electrons. The van der Waals surface area contributed by atoms with Gasteiger partial charge in [-0.3, -0.25) is 19.5 Å². The lowest BCUT2D eigenvalue weighted by atomic mass is 10.0. The van der Waals surface area contributed by atoms with Gasteiger partial charge in [-0.1, -0.05) is 26.0 Å². The fourth-order valence-electron chi connectivity index (χ4n) is 2.76. The Balaban J connectivity index is 1.95. The number of benzene rings is 1. The van der Waals surface area contributed by atoms with E-state index in [0.29, 0.717) is 18.3 Å². The number of nitrogens with zero attached hydrogens (tertiary/aromatic N) is 2. The number of para-hydroxylation sites is 1. The molecule has 2 heterocycles. The normalized spacial score (nSPS) is 18.8. The summed E-state index contributed by atoms with van der Waals surface area (Å²) in [7, 11) is 1.88. The quantitative estimate of drug-likeness (QED) is 0.879. The topological polar surface area (TPSA) is 73.2 Å². The van der Waals surface area contributed by atoms with Crippen LogP contribution in [0, 0.1) is 0 Å². The Bertz CT molecular complexity index is 748. The van der Waals surface area contributed by atoms with Crippen LogP contribution in [-0.2, 0) is 16.6 Å². The van der Waals surface area contributed by atoms with Gasteiger partial charge in [-0.2, -0.15) is 4.98 Å². The Morgan fingerprint density at radius 3 is 2.82 bits per heavy atom. The molecule has 6 heteroatoms. The van der Waals surface area contributed by atoms with Crippen LogP contribution in [0.4, 0.5) is 0 Å². The molecule has 1 aliphatic heterocycles. The summed E-state index contributed by atoms with van der Waals surface area (Å²) in [6, 6.07) is 6.38. The Labute approximate surface area is 128 Å². The van der Waals surface area contributed by atoms with Gasteiger partial charge in [0.1, 0.15) is 0 Å². The van der Waals surface area contributed by atoms with Crippen molar-refractivity contribution in [1.29, 1.82) is 0 Å². The van der Waals surface area contributed by atoms with E-state index in [1.54, 1.807) is 0 Å². The third-order valence-electron chi connectivity index (χ3n) is 3.94. The van der Waals surface area contributed by atoms with Crippen LogP contribution in [-0.4, -0.2) is 27.5 Å². The second kappa shape index (κ2) is 5.44. The van der Waals surface area contributed by atoms with Crippen LogP contribution in [0.15, 0.2) is 18.2 Å². The monoisotopic (exact) mass is 301 g/mol.